The van der Waals surface area contributed by atoms with Gasteiger partial charge in [0.25, 0.3) is 11.6 Å². The molecule has 31 heavy (non-hydrogen) atoms. The highest BCUT2D eigenvalue weighted by Crippen LogP contribution is 2.60. The van der Waals surface area contributed by atoms with Crippen LogP contribution in [0.25, 0.3) is 0 Å². The summed E-state index contributed by atoms with van der Waals surface area (Å²) in [4.78, 5) is 38.4. The number of esters is 1. The molecular formula is C21H18N4O6. The van der Waals surface area contributed by atoms with Crippen molar-refractivity contribution in [3.05, 3.63) is 45.2 Å². The van der Waals surface area contributed by atoms with Crippen LogP contribution in [0.4, 0.5) is 11.4 Å². The number of hydrogen-bond acceptors (Lipinski definition) is 8. The van der Waals surface area contributed by atoms with Crippen LogP contribution in [0, 0.1) is 44.6 Å². The molecule has 1 saturated carbocycles. The molecule has 10 nitrogen and oxygen atoms in total. The fourth-order valence-electron chi connectivity index (χ4n) is 5.10. The van der Waals surface area contributed by atoms with Crippen molar-refractivity contribution < 1.29 is 24.0 Å². The third kappa shape index (κ3) is 2.76. The summed E-state index contributed by atoms with van der Waals surface area (Å²) in [5.41, 5.74) is -1.82. The number of nitro groups is 1. The van der Waals surface area contributed by atoms with Gasteiger partial charge in [0.1, 0.15) is 18.2 Å². The molecule has 1 aliphatic carbocycles. The van der Waals surface area contributed by atoms with Crippen LogP contribution >= 0.6 is 0 Å². The van der Waals surface area contributed by atoms with E-state index in [1.54, 1.807) is 6.92 Å². The minimum absolute atomic E-state index is 0.0240. The third-order valence-corrected chi connectivity index (χ3v) is 6.17. The summed E-state index contributed by atoms with van der Waals surface area (Å²) < 4.78 is 10.9. The summed E-state index contributed by atoms with van der Waals surface area (Å²) in [6.07, 6.45) is 1.72. The third-order valence-electron chi connectivity index (χ3n) is 6.17. The van der Waals surface area contributed by atoms with Gasteiger partial charge in [-0.3, -0.25) is 24.6 Å². The van der Waals surface area contributed by atoms with Crippen molar-refractivity contribution in [2.24, 2.45) is 11.8 Å². The maximum atomic E-state index is 13.8. The van der Waals surface area contributed by atoms with Gasteiger partial charge < -0.3 is 9.47 Å². The van der Waals surface area contributed by atoms with Gasteiger partial charge in [-0.05, 0) is 25.8 Å². The van der Waals surface area contributed by atoms with Crippen molar-refractivity contribution >= 4 is 23.3 Å². The lowest BCUT2D eigenvalue weighted by Gasteiger charge is -2.41. The van der Waals surface area contributed by atoms with Crippen molar-refractivity contribution in [3.8, 4) is 12.1 Å². The van der Waals surface area contributed by atoms with Gasteiger partial charge in [-0.1, -0.05) is 12.5 Å². The standard InChI is InChI=1S/C21H18N4O6/c1-2-30-18(26)11-24-15-7-4-8-16(25(28)29)19(15)21(20(24)27)14-6-3-5-12(14)13(9-22)17(10-23)31-21/h4,7-8,12,14H,2-3,5-6,11H2,1H3. The van der Waals surface area contributed by atoms with Crippen molar-refractivity contribution in [1.82, 2.24) is 0 Å². The average molecular weight is 422 g/mol. The highest BCUT2D eigenvalue weighted by atomic mass is 16.6. The number of amides is 1. The van der Waals surface area contributed by atoms with Crippen molar-refractivity contribution in [1.29, 1.82) is 10.5 Å². The largest absolute Gasteiger partial charge is 0.465 e. The number of hydrogen-bond donors (Lipinski definition) is 0. The fourth-order valence-corrected chi connectivity index (χ4v) is 5.10. The van der Waals surface area contributed by atoms with Crippen LogP contribution in [0.3, 0.4) is 0 Å². The molecule has 3 atom stereocenters. The Morgan fingerprint density at radius 1 is 1.39 bits per heavy atom. The number of carbonyl (C=O) groups is 2. The summed E-state index contributed by atoms with van der Waals surface area (Å²) in [5.74, 6) is -2.64. The molecule has 0 N–H and O–H groups in total. The molecule has 1 fully saturated rings. The quantitative estimate of drug-likeness (QED) is 0.408. The average Bonchev–Trinajstić information content (AvgIpc) is 3.33. The molecule has 1 aromatic carbocycles. The van der Waals surface area contributed by atoms with E-state index >= 15 is 0 Å². The van der Waals surface area contributed by atoms with Gasteiger partial charge in [-0.2, -0.15) is 10.5 Å². The first-order valence-electron chi connectivity index (χ1n) is 9.89. The van der Waals surface area contributed by atoms with Crippen LogP contribution in [0.1, 0.15) is 31.7 Å². The van der Waals surface area contributed by atoms with Crippen LogP contribution in [-0.2, 0) is 24.7 Å². The van der Waals surface area contributed by atoms with Crippen molar-refractivity contribution in [2.75, 3.05) is 18.1 Å². The van der Waals surface area contributed by atoms with Gasteiger partial charge in [0.2, 0.25) is 11.4 Å². The first-order chi connectivity index (χ1) is 14.9. The molecule has 1 aromatic rings. The maximum Gasteiger partial charge on any atom is 0.326 e. The summed E-state index contributed by atoms with van der Waals surface area (Å²) in [6.45, 7) is 1.30. The lowest BCUT2D eigenvalue weighted by molar-refractivity contribution is -0.386. The summed E-state index contributed by atoms with van der Waals surface area (Å²) in [7, 11) is 0. The zero-order chi connectivity index (χ0) is 22.3. The molecule has 1 amide bonds. The molecule has 4 rings (SSSR count). The molecule has 0 radical (unpaired) electrons. The Kier molecular flexibility index (Phi) is 4.86. The highest BCUT2D eigenvalue weighted by molar-refractivity contribution is 6.11. The number of nitrogens with zero attached hydrogens (tertiary/aromatic N) is 4. The maximum absolute atomic E-state index is 13.8. The molecule has 0 saturated heterocycles. The van der Waals surface area contributed by atoms with Crippen LogP contribution in [0.5, 0.6) is 0 Å². The lowest BCUT2D eigenvalue weighted by atomic mass is 9.71. The highest BCUT2D eigenvalue weighted by Gasteiger charge is 2.66. The number of nitriles is 2. The molecule has 158 valence electrons. The zero-order valence-electron chi connectivity index (χ0n) is 16.7. The van der Waals surface area contributed by atoms with Gasteiger partial charge in [0.15, 0.2) is 0 Å². The first kappa shape index (κ1) is 20.4. The second kappa shape index (κ2) is 7.40. The molecule has 3 unspecified atom stereocenters. The molecule has 10 heteroatoms. The minimum atomic E-state index is -1.85. The van der Waals surface area contributed by atoms with Gasteiger partial charge in [-0.25, -0.2) is 0 Å². The number of carbonyl (C=O) groups excluding carboxylic acids is 2. The van der Waals surface area contributed by atoms with Crippen LogP contribution < -0.4 is 4.90 Å². The van der Waals surface area contributed by atoms with Gasteiger partial charge >= 0.3 is 5.97 Å². The Hall–Kier alpha value is -3.92. The SMILES string of the molecule is CCOC(=O)CN1C(=O)C2(OC(C#N)=C(C#N)C3CCCC32)c2c1cccc2[N+](=O)[O-]. The van der Waals surface area contributed by atoms with E-state index in [1.165, 1.54) is 18.2 Å². The predicted octanol–water partition coefficient (Wildman–Crippen LogP) is 2.45. The number of ether oxygens (including phenoxy) is 2. The summed E-state index contributed by atoms with van der Waals surface area (Å²) in [6, 6.07) is 8.07. The van der Waals surface area contributed by atoms with E-state index in [4.69, 9.17) is 9.47 Å². The van der Waals surface area contributed by atoms with Gasteiger partial charge in [-0.15, -0.1) is 0 Å². The molecule has 1 spiro atoms. The Morgan fingerprint density at radius 3 is 2.81 bits per heavy atom. The number of rotatable bonds is 4. The van der Waals surface area contributed by atoms with E-state index < -0.39 is 40.8 Å². The first-order valence-corrected chi connectivity index (χ1v) is 9.89. The molecule has 3 aliphatic rings. The van der Waals surface area contributed by atoms with E-state index in [9.17, 15) is 30.2 Å². The summed E-state index contributed by atoms with van der Waals surface area (Å²) in [5, 5.41) is 31.1. The number of benzene rings is 1. The Labute approximate surface area is 177 Å². The molecule has 2 aliphatic heterocycles. The topological polar surface area (TPSA) is 147 Å². The van der Waals surface area contributed by atoms with E-state index in [0.717, 1.165) is 4.90 Å². The molecule has 0 bridgehead atoms. The predicted molar refractivity (Wildman–Crippen MR) is 104 cm³/mol. The van der Waals surface area contributed by atoms with E-state index in [0.29, 0.717) is 19.3 Å². The van der Waals surface area contributed by atoms with Crippen LogP contribution in [0.15, 0.2) is 29.5 Å². The lowest BCUT2D eigenvalue weighted by Crippen LogP contribution is -2.52. The van der Waals surface area contributed by atoms with E-state index in [2.05, 4.69) is 0 Å². The number of allylic oxidation sites excluding steroid dienone is 2. The van der Waals surface area contributed by atoms with Gasteiger partial charge in [0, 0.05) is 17.9 Å². The number of anilines is 1. The normalized spacial score (nSPS) is 26.0. The second-order valence-electron chi connectivity index (χ2n) is 7.57. The molecule has 0 aromatic heterocycles. The number of nitro benzene ring substituents is 1. The summed E-state index contributed by atoms with van der Waals surface area (Å²) >= 11 is 0. The Bertz CT molecular complexity index is 1110. The zero-order valence-corrected chi connectivity index (χ0v) is 16.7. The van der Waals surface area contributed by atoms with E-state index in [1.807, 2.05) is 12.1 Å². The van der Waals surface area contributed by atoms with Gasteiger partial charge in [0.05, 0.1) is 28.9 Å². The van der Waals surface area contributed by atoms with Crippen molar-refractivity contribution in [2.45, 2.75) is 31.8 Å². The smallest absolute Gasteiger partial charge is 0.326 e. The monoisotopic (exact) mass is 422 g/mol. The Morgan fingerprint density at radius 2 is 2.16 bits per heavy atom. The Balaban J connectivity index is 1.97. The fraction of sp³-hybridized carbons (Fsp3) is 0.429. The van der Waals surface area contributed by atoms with E-state index in [-0.39, 0.29) is 34.9 Å². The van der Waals surface area contributed by atoms with Crippen molar-refractivity contribution in [3.63, 3.8) is 0 Å². The van der Waals surface area contributed by atoms with Crippen LogP contribution in [-0.4, -0.2) is 30.0 Å². The molecular weight excluding hydrogens is 404 g/mol. The minimum Gasteiger partial charge on any atom is -0.465 e. The number of fused-ring (bicyclic) bond motifs is 4. The second-order valence-corrected chi connectivity index (χ2v) is 7.57. The van der Waals surface area contributed by atoms with Crippen LogP contribution in [0.2, 0.25) is 0 Å². The molecule has 2 heterocycles.